The number of hydrogen-bond donors (Lipinski definition) is 1. The van der Waals surface area contributed by atoms with Crippen molar-refractivity contribution in [2.75, 3.05) is 20.1 Å². The highest BCUT2D eigenvalue weighted by Gasteiger charge is 2.35. The summed E-state index contributed by atoms with van der Waals surface area (Å²) < 4.78 is 0. The summed E-state index contributed by atoms with van der Waals surface area (Å²) >= 11 is 0. The van der Waals surface area contributed by atoms with Gasteiger partial charge in [0.05, 0.1) is 0 Å². The van der Waals surface area contributed by atoms with Gasteiger partial charge in [-0.2, -0.15) is 0 Å². The molecule has 0 amide bonds. The van der Waals surface area contributed by atoms with Crippen molar-refractivity contribution < 1.29 is 0 Å². The Hall–Kier alpha value is -0.930. The summed E-state index contributed by atoms with van der Waals surface area (Å²) in [6, 6.07) is 4.67. The van der Waals surface area contributed by atoms with Gasteiger partial charge in [-0.15, -0.1) is 0 Å². The minimum atomic E-state index is 0.182. The maximum absolute atomic E-state index is 4.10. The van der Waals surface area contributed by atoms with E-state index in [1.54, 1.807) is 0 Å². The molecule has 0 saturated carbocycles. The van der Waals surface area contributed by atoms with Gasteiger partial charge in [-0.25, -0.2) is 0 Å². The lowest BCUT2D eigenvalue weighted by atomic mass is 9.83. The van der Waals surface area contributed by atoms with Crippen molar-refractivity contribution >= 4 is 0 Å². The van der Waals surface area contributed by atoms with Crippen LogP contribution in [0.3, 0.4) is 0 Å². The Morgan fingerprint density at radius 1 is 1.21 bits per heavy atom. The molecule has 0 radical (unpaired) electrons. The normalized spacial score (nSPS) is 16.3. The summed E-state index contributed by atoms with van der Waals surface area (Å²) in [6.45, 7) is 11.3. The zero-order valence-electron chi connectivity index (χ0n) is 13.1. The Kier molecular flexibility index (Phi) is 6.46. The molecule has 1 N–H and O–H groups in total. The number of nitrogens with zero attached hydrogens (tertiary/aromatic N) is 2. The van der Waals surface area contributed by atoms with Gasteiger partial charge in [-0.05, 0) is 57.6 Å². The van der Waals surface area contributed by atoms with Crippen molar-refractivity contribution in [1.29, 1.82) is 0 Å². The van der Waals surface area contributed by atoms with Crippen LogP contribution in [0, 0.1) is 0 Å². The SMILES string of the molecule is CCN(CC)C(C)(CC)C(Cc1ccncc1)NC. The first-order valence-electron chi connectivity index (χ1n) is 7.43. The highest BCUT2D eigenvalue weighted by molar-refractivity contribution is 5.14. The summed E-state index contributed by atoms with van der Waals surface area (Å²) in [7, 11) is 2.07. The topological polar surface area (TPSA) is 28.2 Å². The molecule has 0 aliphatic carbocycles. The number of rotatable bonds is 8. The zero-order chi connectivity index (χ0) is 14.3. The number of hydrogen-bond acceptors (Lipinski definition) is 3. The summed E-state index contributed by atoms with van der Waals surface area (Å²) in [4.78, 5) is 6.66. The standard InChI is InChI=1S/C16H29N3/c1-6-16(4,19(7-2)8-3)15(17-5)13-14-9-11-18-12-10-14/h9-12,15,17H,6-8,13H2,1-5H3. The van der Waals surface area contributed by atoms with E-state index in [1.165, 1.54) is 5.56 Å². The fourth-order valence-corrected chi connectivity index (χ4v) is 3.02. The molecule has 108 valence electrons. The molecule has 3 heteroatoms. The van der Waals surface area contributed by atoms with Gasteiger partial charge in [0.2, 0.25) is 0 Å². The van der Waals surface area contributed by atoms with Crippen LogP contribution in [0.15, 0.2) is 24.5 Å². The molecule has 0 spiro atoms. The second kappa shape index (κ2) is 7.61. The molecule has 0 aliphatic heterocycles. The second-order valence-corrected chi connectivity index (χ2v) is 5.28. The average Bonchev–Trinajstić information content (AvgIpc) is 2.46. The largest absolute Gasteiger partial charge is 0.315 e. The van der Waals surface area contributed by atoms with Crippen LogP contribution >= 0.6 is 0 Å². The first-order chi connectivity index (χ1) is 9.12. The molecule has 1 aromatic heterocycles. The Morgan fingerprint density at radius 2 is 1.79 bits per heavy atom. The van der Waals surface area contributed by atoms with E-state index in [9.17, 15) is 0 Å². The quantitative estimate of drug-likeness (QED) is 0.781. The highest BCUT2D eigenvalue weighted by Crippen LogP contribution is 2.25. The molecule has 1 rings (SSSR count). The second-order valence-electron chi connectivity index (χ2n) is 5.28. The first kappa shape index (κ1) is 16.1. The molecule has 0 bridgehead atoms. The highest BCUT2D eigenvalue weighted by atomic mass is 15.2. The van der Waals surface area contributed by atoms with Crippen LogP contribution in [0.4, 0.5) is 0 Å². The molecule has 0 aliphatic rings. The number of aromatic nitrogens is 1. The molecule has 3 nitrogen and oxygen atoms in total. The zero-order valence-corrected chi connectivity index (χ0v) is 13.1. The van der Waals surface area contributed by atoms with Gasteiger partial charge >= 0.3 is 0 Å². The lowest BCUT2D eigenvalue weighted by molar-refractivity contribution is 0.0730. The van der Waals surface area contributed by atoms with Crippen LogP contribution in [-0.2, 0) is 6.42 Å². The van der Waals surface area contributed by atoms with E-state index in [-0.39, 0.29) is 5.54 Å². The van der Waals surface area contributed by atoms with Gasteiger partial charge in [-0.3, -0.25) is 9.88 Å². The van der Waals surface area contributed by atoms with Crippen molar-refractivity contribution in [3.63, 3.8) is 0 Å². The van der Waals surface area contributed by atoms with Crippen LogP contribution in [-0.4, -0.2) is 41.6 Å². The number of likely N-dealkylation sites (N-methyl/N-ethyl adjacent to an activating group) is 2. The van der Waals surface area contributed by atoms with Crippen molar-refractivity contribution in [2.45, 2.75) is 52.1 Å². The lowest BCUT2D eigenvalue weighted by Crippen LogP contribution is -2.59. The summed E-state index contributed by atoms with van der Waals surface area (Å²) in [6.07, 6.45) is 5.94. The van der Waals surface area contributed by atoms with E-state index in [0.717, 1.165) is 25.9 Å². The Bertz CT molecular complexity index is 348. The molecule has 0 fully saturated rings. The molecule has 0 aromatic carbocycles. The molecular weight excluding hydrogens is 234 g/mol. The van der Waals surface area contributed by atoms with E-state index in [2.05, 4.69) is 62.1 Å². The predicted molar refractivity (Wildman–Crippen MR) is 82.4 cm³/mol. The van der Waals surface area contributed by atoms with Crippen molar-refractivity contribution in [3.05, 3.63) is 30.1 Å². The molecule has 1 heterocycles. The Morgan fingerprint density at radius 3 is 2.21 bits per heavy atom. The third-order valence-electron chi connectivity index (χ3n) is 4.49. The molecule has 2 atom stereocenters. The molecular formula is C16H29N3. The van der Waals surface area contributed by atoms with E-state index < -0.39 is 0 Å². The van der Waals surface area contributed by atoms with Gasteiger partial charge in [0.1, 0.15) is 0 Å². The van der Waals surface area contributed by atoms with E-state index in [0.29, 0.717) is 6.04 Å². The fraction of sp³-hybridized carbons (Fsp3) is 0.688. The minimum Gasteiger partial charge on any atom is -0.315 e. The fourth-order valence-electron chi connectivity index (χ4n) is 3.02. The van der Waals surface area contributed by atoms with Crippen molar-refractivity contribution in [1.82, 2.24) is 15.2 Å². The minimum absolute atomic E-state index is 0.182. The molecule has 2 unspecified atom stereocenters. The summed E-state index contributed by atoms with van der Waals surface area (Å²) in [5.41, 5.74) is 1.53. The third-order valence-corrected chi connectivity index (χ3v) is 4.49. The number of pyridine rings is 1. The Labute approximate surface area is 118 Å². The van der Waals surface area contributed by atoms with Gasteiger partial charge in [0.15, 0.2) is 0 Å². The predicted octanol–water partition coefficient (Wildman–Crippen LogP) is 2.72. The van der Waals surface area contributed by atoms with Gasteiger partial charge in [0.25, 0.3) is 0 Å². The van der Waals surface area contributed by atoms with Gasteiger partial charge < -0.3 is 5.32 Å². The van der Waals surface area contributed by atoms with Crippen LogP contribution in [0.5, 0.6) is 0 Å². The van der Waals surface area contributed by atoms with Crippen LogP contribution in [0.2, 0.25) is 0 Å². The van der Waals surface area contributed by atoms with Crippen molar-refractivity contribution in [3.8, 4) is 0 Å². The molecule has 19 heavy (non-hydrogen) atoms. The molecule has 0 saturated heterocycles. The number of nitrogens with one attached hydrogen (secondary N) is 1. The van der Waals surface area contributed by atoms with Crippen LogP contribution in [0.1, 0.15) is 39.7 Å². The third kappa shape index (κ3) is 3.77. The van der Waals surface area contributed by atoms with Gasteiger partial charge in [-0.1, -0.05) is 20.8 Å². The Balaban J connectivity index is 2.92. The first-order valence-corrected chi connectivity index (χ1v) is 7.43. The average molecular weight is 263 g/mol. The molecule has 1 aromatic rings. The van der Waals surface area contributed by atoms with Crippen molar-refractivity contribution in [2.24, 2.45) is 0 Å². The maximum Gasteiger partial charge on any atom is 0.0334 e. The summed E-state index contributed by atoms with van der Waals surface area (Å²) in [5, 5.41) is 3.53. The van der Waals surface area contributed by atoms with E-state index in [1.807, 2.05) is 12.4 Å². The summed E-state index contributed by atoms with van der Waals surface area (Å²) in [5.74, 6) is 0. The van der Waals surface area contributed by atoms with Crippen LogP contribution < -0.4 is 5.32 Å². The van der Waals surface area contributed by atoms with E-state index in [4.69, 9.17) is 0 Å². The smallest absolute Gasteiger partial charge is 0.0334 e. The van der Waals surface area contributed by atoms with E-state index >= 15 is 0 Å². The van der Waals surface area contributed by atoms with Gasteiger partial charge in [0, 0.05) is 24.0 Å². The monoisotopic (exact) mass is 263 g/mol. The lowest BCUT2D eigenvalue weighted by Gasteiger charge is -2.46. The maximum atomic E-state index is 4.10. The van der Waals surface area contributed by atoms with Crippen LogP contribution in [0.25, 0.3) is 0 Å².